The molecule has 0 bridgehead atoms. The van der Waals surface area contributed by atoms with Crippen molar-refractivity contribution in [3.05, 3.63) is 0 Å². The number of hydrogen-bond donors (Lipinski definition) is 4. The lowest BCUT2D eigenvalue weighted by Crippen LogP contribution is -2.57. The molecule has 0 aromatic heterocycles. The monoisotopic (exact) mass is 541 g/mol. The Kier molecular flexibility index (Phi) is 14.5. The summed E-state index contributed by atoms with van der Waals surface area (Å²) in [6.07, 6.45) is 2.22. The van der Waals surface area contributed by atoms with Gasteiger partial charge in [-0.25, -0.2) is 4.79 Å². The highest BCUT2D eigenvalue weighted by atomic mass is 16.6. The summed E-state index contributed by atoms with van der Waals surface area (Å²) < 4.78 is 10.5. The fourth-order valence-corrected chi connectivity index (χ4v) is 3.40. The number of carbonyl (C=O) groups is 4. The van der Waals surface area contributed by atoms with Gasteiger partial charge in [-0.15, -0.1) is 0 Å². The molecular weight excluding hydrogens is 492 g/mol. The second kappa shape index (κ2) is 15.7. The Morgan fingerprint density at radius 2 is 1.37 bits per heavy atom. The molecular formula is C27H49N4O7. The van der Waals surface area contributed by atoms with Crippen LogP contribution in [0.1, 0.15) is 94.9 Å². The molecule has 0 fully saturated rings. The molecule has 4 atom stereocenters. The Morgan fingerprint density at radius 1 is 0.816 bits per heavy atom. The van der Waals surface area contributed by atoms with Crippen molar-refractivity contribution >= 4 is 30.2 Å². The molecule has 5 N–H and O–H groups in total. The number of alkyl carbamates (subject to hydrolysis) is 1. The first-order chi connectivity index (χ1) is 17.3. The van der Waals surface area contributed by atoms with Gasteiger partial charge in [0.15, 0.2) is 0 Å². The predicted octanol–water partition coefficient (Wildman–Crippen LogP) is 2.50. The third-order valence-electron chi connectivity index (χ3n) is 5.14. The molecule has 0 rings (SSSR count). The normalized spacial score (nSPS) is 15.2. The molecule has 0 aliphatic heterocycles. The smallest absolute Gasteiger partial charge is 0.408 e. The van der Waals surface area contributed by atoms with E-state index in [1.54, 1.807) is 61.7 Å². The van der Waals surface area contributed by atoms with Crippen LogP contribution < -0.4 is 21.7 Å². The molecule has 11 heteroatoms. The predicted molar refractivity (Wildman–Crippen MR) is 145 cm³/mol. The van der Waals surface area contributed by atoms with E-state index < -0.39 is 59.2 Å². The Labute approximate surface area is 227 Å². The number of hydrogen-bond acceptors (Lipinski definition) is 8. The van der Waals surface area contributed by atoms with Gasteiger partial charge in [-0.2, -0.15) is 0 Å². The fourth-order valence-electron chi connectivity index (χ4n) is 3.40. The molecule has 0 aromatic rings. The largest absolute Gasteiger partial charge is 0.459 e. The van der Waals surface area contributed by atoms with Gasteiger partial charge >= 0.3 is 12.1 Å². The summed E-state index contributed by atoms with van der Waals surface area (Å²) in [6, 6.07) is -3.67. The van der Waals surface area contributed by atoms with Crippen LogP contribution in [0.15, 0.2) is 0 Å². The van der Waals surface area contributed by atoms with Gasteiger partial charge in [0.25, 0.3) is 0 Å². The van der Waals surface area contributed by atoms with Crippen LogP contribution in [0.25, 0.3) is 0 Å². The zero-order valence-electron chi connectivity index (χ0n) is 24.7. The number of amides is 3. The second-order valence-corrected chi connectivity index (χ2v) is 12.3. The lowest BCUT2D eigenvalue weighted by molar-refractivity contribution is -0.156. The van der Waals surface area contributed by atoms with E-state index in [9.17, 15) is 24.0 Å². The fraction of sp³-hybridized carbons (Fsp3) is 0.815. The van der Waals surface area contributed by atoms with Crippen LogP contribution in [0.3, 0.4) is 0 Å². The van der Waals surface area contributed by atoms with Crippen LogP contribution in [0.4, 0.5) is 4.79 Å². The van der Waals surface area contributed by atoms with E-state index in [0.29, 0.717) is 12.8 Å². The van der Waals surface area contributed by atoms with Crippen LogP contribution in [0.2, 0.25) is 0 Å². The Balaban J connectivity index is 5.20. The minimum absolute atomic E-state index is 0.0489. The third-order valence-corrected chi connectivity index (χ3v) is 5.14. The van der Waals surface area contributed by atoms with Crippen LogP contribution in [-0.4, -0.2) is 65.5 Å². The lowest BCUT2D eigenvalue weighted by Gasteiger charge is -2.28. The molecule has 0 aliphatic carbocycles. The number of rotatable bonds is 14. The zero-order valence-corrected chi connectivity index (χ0v) is 24.7. The molecule has 0 spiro atoms. The highest BCUT2D eigenvalue weighted by Crippen LogP contribution is 2.13. The number of esters is 1. The summed E-state index contributed by atoms with van der Waals surface area (Å²) in [5.41, 5.74) is 4.49. The maximum absolute atomic E-state index is 13.1. The number of nitrogens with one attached hydrogen (secondary N) is 3. The molecule has 0 heterocycles. The van der Waals surface area contributed by atoms with E-state index in [-0.39, 0.29) is 24.7 Å². The van der Waals surface area contributed by atoms with Crippen molar-refractivity contribution in [2.75, 3.05) is 0 Å². The Hall–Kier alpha value is -2.69. The average molecular weight is 542 g/mol. The molecule has 0 saturated heterocycles. The van der Waals surface area contributed by atoms with E-state index in [0.717, 1.165) is 0 Å². The first kappa shape index (κ1) is 35.3. The highest BCUT2D eigenvalue weighted by molar-refractivity contribution is 5.92. The molecule has 11 nitrogen and oxygen atoms in total. The van der Waals surface area contributed by atoms with Crippen molar-refractivity contribution in [2.24, 2.45) is 17.6 Å². The van der Waals surface area contributed by atoms with Crippen molar-refractivity contribution < 1.29 is 33.4 Å². The van der Waals surface area contributed by atoms with Gasteiger partial charge in [0, 0.05) is 0 Å². The third kappa shape index (κ3) is 15.5. The summed E-state index contributed by atoms with van der Waals surface area (Å²) in [5.74, 6) is -1.85. The molecule has 1 unspecified atom stereocenters. The number of nitrogens with two attached hydrogens (primary N) is 1. The van der Waals surface area contributed by atoms with Crippen LogP contribution in [0, 0.1) is 11.8 Å². The van der Waals surface area contributed by atoms with Gasteiger partial charge in [0.2, 0.25) is 18.1 Å². The Morgan fingerprint density at radius 3 is 1.82 bits per heavy atom. The molecule has 219 valence electrons. The zero-order chi connectivity index (χ0) is 29.8. The second-order valence-electron chi connectivity index (χ2n) is 12.3. The summed E-state index contributed by atoms with van der Waals surface area (Å²) in [7, 11) is 0. The van der Waals surface area contributed by atoms with Crippen molar-refractivity contribution in [2.45, 2.75) is 130 Å². The standard InChI is InChI=1S/C27H49N4O7/c1-16(2)14-20(30-23(34)21(17(3)4)31-25(36)38-27(8,9)10)22(33)29-18(15-32)12-11-13-19(28)24(35)37-26(5,6)7/h16-21H,11-14,28H2,1-10H3,(H,29,33)(H,30,34)(H,31,36)/t18-,19?,20-,21+/m0/s1. The van der Waals surface area contributed by atoms with Crippen molar-refractivity contribution in [1.82, 2.24) is 16.0 Å². The van der Waals surface area contributed by atoms with Gasteiger partial charge in [0.1, 0.15) is 29.3 Å². The van der Waals surface area contributed by atoms with Crippen molar-refractivity contribution in [3.8, 4) is 0 Å². The van der Waals surface area contributed by atoms with Gasteiger partial charge in [-0.3, -0.25) is 19.2 Å². The number of ether oxygens (including phenoxy) is 2. The van der Waals surface area contributed by atoms with Crippen LogP contribution in [-0.2, 0) is 28.7 Å². The summed E-state index contributed by atoms with van der Waals surface area (Å²) >= 11 is 0. The molecule has 3 amide bonds. The van der Waals surface area contributed by atoms with Gasteiger partial charge in [0.05, 0.1) is 6.04 Å². The van der Waals surface area contributed by atoms with Crippen LogP contribution >= 0.6 is 0 Å². The molecule has 38 heavy (non-hydrogen) atoms. The summed E-state index contributed by atoms with van der Waals surface area (Å²) in [5, 5.41) is 7.89. The first-order valence-corrected chi connectivity index (χ1v) is 13.2. The minimum Gasteiger partial charge on any atom is -0.459 e. The summed E-state index contributed by atoms with van der Waals surface area (Å²) in [6.45, 7) is 17.7. The highest BCUT2D eigenvalue weighted by Gasteiger charge is 2.31. The van der Waals surface area contributed by atoms with E-state index in [1.807, 2.05) is 13.8 Å². The summed E-state index contributed by atoms with van der Waals surface area (Å²) in [4.78, 5) is 61.9. The van der Waals surface area contributed by atoms with E-state index in [1.165, 1.54) is 0 Å². The number of carbonyl (C=O) groups excluding carboxylic acids is 5. The lowest BCUT2D eigenvalue weighted by atomic mass is 9.99. The maximum atomic E-state index is 13.1. The molecule has 1 radical (unpaired) electrons. The quantitative estimate of drug-likeness (QED) is 0.243. The minimum atomic E-state index is -0.944. The van der Waals surface area contributed by atoms with Gasteiger partial charge in [-0.05, 0) is 79.1 Å². The Bertz CT molecular complexity index is 800. The maximum Gasteiger partial charge on any atom is 0.408 e. The molecule has 0 saturated carbocycles. The van der Waals surface area contributed by atoms with E-state index in [4.69, 9.17) is 15.2 Å². The first-order valence-electron chi connectivity index (χ1n) is 13.2. The topological polar surface area (TPSA) is 166 Å². The van der Waals surface area contributed by atoms with Crippen molar-refractivity contribution in [3.63, 3.8) is 0 Å². The van der Waals surface area contributed by atoms with Crippen molar-refractivity contribution in [1.29, 1.82) is 0 Å². The SMILES string of the molecule is CC(C)C[C@H](NC(=O)[C@H](NC(=O)OC(C)(C)C)C(C)C)C(=O)N[C@H]([C]=O)CCCC(N)C(=O)OC(C)(C)C. The average Bonchev–Trinajstić information content (AvgIpc) is 2.72. The van der Waals surface area contributed by atoms with E-state index >= 15 is 0 Å². The van der Waals surface area contributed by atoms with Gasteiger partial charge in [-0.1, -0.05) is 27.7 Å². The van der Waals surface area contributed by atoms with Crippen LogP contribution in [0.5, 0.6) is 0 Å². The molecule has 0 aliphatic rings. The van der Waals surface area contributed by atoms with E-state index in [2.05, 4.69) is 16.0 Å². The van der Waals surface area contributed by atoms with Gasteiger partial charge < -0.3 is 31.2 Å². The molecule has 0 aromatic carbocycles.